The third kappa shape index (κ3) is 3.34. The average molecular weight is 372 g/mol. The molecule has 0 fully saturated rings. The van der Waals surface area contributed by atoms with Crippen molar-refractivity contribution >= 4 is 34.3 Å². The van der Waals surface area contributed by atoms with Crippen LogP contribution in [0.3, 0.4) is 0 Å². The highest BCUT2D eigenvalue weighted by atomic mass is 35.5. The Morgan fingerprint density at radius 1 is 1.32 bits per heavy atom. The average Bonchev–Trinajstić information content (AvgIpc) is 2.59. The molecule has 5 nitrogen and oxygen atoms in total. The second kappa shape index (κ2) is 7.18. The summed E-state index contributed by atoms with van der Waals surface area (Å²) in [6, 6.07) is 12.6. The molecule has 0 saturated heterocycles. The monoisotopic (exact) mass is 371 g/mol. The van der Waals surface area contributed by atoms with Crippen LogP contribution in [0.15, 0.2) is 46.3 Å². The largest absolute Gasteiger partial charge is 0.495 e. The van der Waals surface area contributed by atoms with E-state index in [0.717, 1.165) is 5.56 Å². The molecule has 0 aliphatic carbocycles. The minimum absolute atomic E-state index is 0.173. The Balaban J connectivity index is 2.38. The quantitative estimate of drug-likeness (QED) is 0.512. The van der Waals surface area contributed by atoms with Gasteiger partial charge >= 0.3 is 0 Å². The summed E-state index contributed by atoms with van der Waals surface area (Å²) >= 11 is 7.22. The number of methoxy groups -OCH3 is 1. The van der Waals surface area contributed by atoms with Crippen LogP contribution in [-0.2, 0) is 0 Å². The van der Waals surface area contributed by atoms with E-state index >= 15 is 0 Å². The summed E-state index contributed by atoms with van der Waals surface area (Å²) in [4.78, 5) is 17.7. The van der Waals surface area contributed by atoms with Crippen LogP contribution in [0.1, 0.15) is 5.56 Å². The van der Waals surface area contributed by atoms with Gasteiger partial charge in [0.25, 0.3) is 5.56 Å². The minimum Gasteiger partial charge on any atom is -0.495 e. The second-order valence-electron chi connectivity index (χ2n) is 5.32. The van der Waals surface area contributed by atoms with Gasteiger partial charge in [0.2, 0.25) is 0 Å². The Labute approximate surface area is 153 Å². The zero-order chi connectivity index (χ0) is 18.0. The maximum atomic E-state index is 13.1. The van der Waals surface area contributed by atoms with Crippen molar-refractivity contribution in [3.63, 3.8) is 0 Å². The van der Waals surface area contributed by atoms with Crippen LogP contribution in [0.5, 0.6) is 5.75 Å². The van der Waals surface area contributed by atoms with Crippen LogP contribution < -0.4 is 10.3 Å². The van der Waals surface area contributed by atoms with E-state index in [2.05, 4.69) is 11.1 Å². The lowest BCUT2D eigenvalue weighted by molar-refractivity contribution is 0.411. The second-order valence-corrected chi connectivity index (χ2v) is 6.70. The maximum absolute atomic E-state index is 13.1. The molecule has 0 unspecified atom stereocenters. The zero-order valence-corrected chi connectivity index (χ0v) is 15.2. The normalized spacial score (nSPS) is 10.6. The molecule has 7 heteroatoms. The van der Waals surface area contributed by atoms with Gasteiger partial charge in [0.05, 0.1) is 35.5 Å². The van der Waals surface area contributed by atoms with Gasteiger partial charge in [-0.1, -0.05) is 29.4 Å². The Hall–Kier alpha value is -2.49. The minimum atomic E-state index is -0.231. The number of hydrogen-bond donors (Lipinski definition) is 0. The number of fused-ring (bicyclic) bond motifs is 1. The van der Waals surface area contributed by atoms with Gasteiger partial charge in [0.15, 0.2) is 5.16 Å². The van der Waals surface area contributed by atoms with Crippen molar-refractivity contribution in [2.75, 3.05) is 12.9 Å². The van der Waals surface area contributed by atoms with Crippen LogP contribution in [0.4, 0.5) is 0 Å². The number of benzene rings is 2. The van der Waals surface area contributed by atoms with Gasteiger partial charge in [0, 0.05) is 5.02 Å². The number of ether oxygens (including phenoxy) is 1. The van der Waals surface area contributed by atoms with Gasteiger partial charge in [-0.2, -0.15) is 5.26 Å². The van der Waals surface area contributed by atoms with E-state index in [-0.39, 0.29) is 11.3 Å². The summed E-state index contributed by atoms with van der Waals surface area (Å²) in [5, 5.41) is 10.3. The van der Waals surface area contributed by atoms with E-state index in [1.807, 2.05) is 25.1 Å². The molecule has 0 amide bonds. The molecule has 1 heterocycles. The summed E-state index contributed by atoms with van der Waals surface area (Å²) in [7, 11) is 1.55. The molecule has 3 rings (SSSR count). The summed E-state index contributed by atoms with van der Waals surface area (Å²) in [5.74, 6) is 0.730. The molecule has 0 aliphatic rings. The highest BCUT2D eigenvalue weighted by Gasteiger charge is 2.17. The molecule has 0 spiro atoms. The highest BCUT2D eigenvalue weighted by molar-refractivity contribution is 7.99. The van der Waals surface area contributed by atoms with Crippen LogP contribution in [0, 0.1) is 18.3 Å². The Morgan fingerprint density at radius 3 is 2.84 bits per heavy atom. The number of hydrogen-bond acceptors (Lipinski definition) is 5. The van der Waals surface area contributed by atoms with Crippen molar-refractivity contribution < 1.29 is 4.74 Å². The van der Waals surface area contributed by atoms with Crippen molar-refractivity contribution in [1.29, 1.82) is 5.26 Å². The molecule has 25 heavy (non-hydrogen) atoms. The first kappa shape index (κ1) is 17.3. The number of nitrogens with zero attached hydrogens (tertiary/aromatic N) is 3. The predicted molar refractivity (Wildman–Crippen MR) is 100.0 cm³/mol. The lowest BCUT2D eigenvalue weighted by Crippen LogP contribution is -2.22. The van der Waals surface area contributed by atoms with Crippen molar-refractivity contribution in [1.82, 2.24) is 9.55 Å². The zero-order valence-electron chi connectivity index (χ0n) is 13.6. The first-order valence-electron chi connectivity index (χ1n) is 7.42. The van der Waals surface area contributed by atoms with Crippen LogP contribution in [0.2, 0.25) is 5.02 Å². The highest BCUT2D eigenvalue weighted by Crippen LogP contribution is 2.28. The van der Waals surface area contributed by atoms with Gasteiger partial charge in [-0.3, -0.25) is 9.36 Å². The predicted octanol–water partition coefficient (Wildman–Crippen LogP) is 3.97. The first-order valence-corrected chi connectivity index (χ1v) is 8.78. The topological polar surface area (TPSA) is 67.9 Å². The smallest absolute Gasteiger partial charge is 0.266 e. The molecule has 3 aromatic rings. The summed E-state index contributed by atoms with van der Waals surface area (Å²) in [6.45, 7) is 1.93. The van der Waals surface area contributed by atoms with Gasteiger partial charge in [0.1, 0.15) is 5.75 Å². The number of nitriles is 1. The lowest BCUT2D eigenvalue weighted by Gasteiger charge is -2.16. The molecule has 0 aliphatic heterocycles. The SMILES string of the molecule is COc1ccc(C)cc1-n1c(SCC#N)nc2cc(Cl)ccc2c1=O. The fraction of sp³-hybridized carbons (Fsp3) is 0.167. The van der Waals surface area contributed by atoms with Crippen molar-refractivity contribution in [2.45, 2.75) is 12.1 Å². The van der Waals surface area contributed by atoms with Crippen molar-refractivity contribution in [3.05, 3.63) is 57.3 Å². The van der Waals surface area contributed by atoms with Crippen LogP contribution in [0.25, 0.3) is 16.6 Å². The van der Waals surface area contributed by atoms with E-state index in [1.165, 1.54) is 16.3 Å². The number of thioether (sulfide) groups is 1. The van der Waals surface area contributed by atoms with E-state index < -0.39 is 0 Å². The number of rotatable bonds is 4. The lowest BCUT2D eigenvalue weighted by atomic mass is 10.2. The fourth-order valence-electron chi connectivity index (χ4n) is 2.52. The Kier molecular flexibility index (Phi) is 4.98. The van der Waals surface area contributed by atoms with E-state index in [0.29, 0.717) is 32.5 Å². The molecule has 126 valence electrons. The van der Waals surface area contributed by atoms with Gasteiger partial charge in [-0.05, 0) is 42.8 Å². The number of aryl methyl sites for hydroxylation is 1. The molecule has 0 N–H and O–H groups in total. The third-order valence-corrected chi connectivity index (χ3v) is 4.68. The van der Waals surface area contributed by atoms with Gasteiger partial charge in [-0.15, -0.1) is 0 Å². The molecule has 0 atom stereocenters. The fourth-order valence-corrected chi connectivity index (χ4v) is 3.35. The molecule has 1 aromatic heterocycles. The summed E-state index contributed by atoms with van der Waals surface area (Å²) < 4.78 is 6.91. The molecule has 2 aromatic carbocycles. The third-order valence-electron chi connectivity index (χ3n) is 3.64. The van der Waals surface area contributed by atoms with Crippen LogP contribution >= 0.6 is 23.4 Å². The molecular formula is C18H14ClN3O2S. The summed E-state index contributed by atoms with van der Waals surface area (Å²) in [6.07, 6.45) is 0. The number of aromatic nitrogens is 2. The summed E-state index contributed by atoms with van der Waals surface area (Å²) in [5.41, 5.74) is 1.85. The van der Waals surface area contributed by atoms with Crippen molar-refractivity contribution in [2.24, 2.45) is 0 Å². The molecule has 0 bridgehead atoms. The number of halogens is 1. The van der Waals surface area contributed by atoms with E-state index in [1.54, 1.807) is 25.3 Å². The first-order chi connectivity index (χ1) is 12.0. The molecule has 0 saturated carbocycles. The maximum Gasteiger partial charge on any atom is 0.266 e. The molecule has 0 radical (unpaired) electrons. The molecular weight excluding hydrogens is 358 g/mol. The van der Waals surface area contributed by atoms with E-state index in [4.69, 9.17) is 21.6 Å². The van der Waals surface area contributed by atoms with Crippen molar-refractivity contribution in [3.8, 4) is 17.5 Å². The van der Waals surface area contributed by atoms with Crippen LogP contribution in [-0.4, -0.2) is 22.4 Å². The Morgan fingerprint density at radius 2 is 2.12 bits per heavy atom. The Bertz CT molecular complexity index is 1060. The van der Waals surface area contributed by atoms with Gasteiger partial charge < -0.3 is 4.74 Å². The van der Waals surface area contributed by atoms with Gasteiger partial charge in [-0.25, -0.2) is 4.98 Å². The van der Waals surface area contributed by atoms with E-state index in [9.17, 15) is 4.79 Å². The standard InChI is InChI=1S/C18H14ClN3O2S/c1-11-3-6-16(24-2)15(9-11)22-17(23)13-5-4-12(19)10-14(13)21-18(22)25-8-7-20/h3-6,9-10H,8H2,1-2H3.